The Hall–Kier alpha value is -2.21. The van der Waals surface area contributed by atoms with Gasteiger partial charge in [0.15, 0.2) is 0 Å². The van der Waals surface area contributed by atoms with Gasteiger partial charge in [-0.05, 0) is 63.6 Å². The summed E-state index contributed by atoms with van der Waals surface area (Å²) in [5.74, 6) is 1.73. The molecule has 3 heterocycles. The van der Waals surface area contributed by atoms with Crippen molar-refractivity contribution in [3.8, 4) is 0 Å². The van der Waals surface area contributed by atoms with E-state index in [1.54, 1.807) is 0 Å². The number of anilines is 1. The van der Waals surface area contributed by atoms with Gasteiger partial charge in [0.25, 0.3) is 0 Å². The van der Waals surface area contributed by atoms with Gasteiger partial charge < -0.3 is 9.47 Å². The van der Waals surface area contributed by atoms with E-state index in [9.17, 15) is 4.79 Å². The normalized spacial score (nSPS) is 24.0. The van der Waals surface area contributed by atoms with Crippen molar-refractivity contribution in [1.29, 1.82) is 0 Å². The third-order valence-electron chi connectivity index (χ3n) is 6.64. The second-order valence-electron chi connectivity index (χ2n) is 8.56. The number of hydrogen-bond acceptors (Lipinski definition) is 4. The first-order valence-electron chi connectivity index (χ1n) is 10.7. The summed E-state index contributed by atoms with van der Waals surface area (Å²) >= 11 is 0. The number of likely N-dealkylation sites (tertiary alicyclic amines) is 1. The van der Waals surface area contributed by atoms with Gasteiger partial charge in [0.1, 0.15) is 12.2 Å². The molecule has 2 aliphatic heterocycles. The highest BCUT2D eigenvalue weighted by Gasteiger charge is 2.35. The lowest BCUT2D eigenvalue weighted by molar-refractivity contribution is -0.123. The molecular weight excluding hydrogens is 350 g/mol. The van der Waals surface area contributed by atoms with Crippen LogP contribution in [0.4, 0.5) is 5.69 Å². The molecule has 1 saturated carbocycles. The van der Waals surface area contributed by atoms with Crippen molar-refractivity contribution in [1.82, 2.24) is 19.7 Å². The van der Waals surface area contributed by atoms with E-state index in [0.717, 1.165) is 56.8 Å². The molecule has 0 N–H and O–H groups in total. The number of rotatable bonds is 4. The van der Waals surface area contributed by atoms with Gasteiger partial charge >= 0.3 is 0 Å². The Balaban J connectivity index is 1.32. The molecule has 5 rings (SSSR count). The Kier molecular flexibility index (Phi) is 4.67. The van der Waals surface area contributed by atoms with Gasteiger partial charge in [0.05, 0.1) is 6.04 Å². The van der Waals surface area contributed by atoms with Crippen molar-refractivity contribution < 1.29 is 4.79 Å². The van der Waals surface area contributed by atoms with Crippen molar-refractivity contribution in [2.45, 2.75) is 63.5 Å². The molecule has 148 valence electrons. The molecule has 2 atom stereocenters. The summed E-state index contributed by atoms with van der Waals surface area (Å²) in [6.07, 6.45) is 8.73. The Morgan fingerprint density at radius 2 is 2.00 bits per heavy atom. The molecule has 1 aromatic heterocycles. The molecule has 6 nitrogen and oxygen atoms in total. The SMILES string of the molecule is C[C@@H](C(=O)N1CCCc2ccccc21)N1CCC[C@H](c2nncn2C2CC2)C1. The first-order valence-corrected chi connectivity index (χ1v) is 10.7. The van der Waals surface area contributed by atoms with E-state index in [4.69, 9.17) is 0 Å². The van der Waals surface area contributed by atoms with E-state index in [2.05, 4.69) is 44.8 Å². The molecule has 6 heteroatoms. The summed E-state index contributed by atoms with van der Waals surface area (Å²) in [7, 11) is 0. The van der Waals surface area contributed by atoms with Crippen LogP contribution in [-0.2, 0) is 11.2 Å². The van der Waals surface area contributed by atoms with Gasteiger partial charge in [0, 0.05) is 30.7 Å². The zero-order chi connectivity index (χ0) is 19.1. The van der Waals surface area contributed by atoms with E-state index < -0.39 is 0 Å². The van der Waals surface area contributed by atoms with Gasteiger partial charge in [-0.15, -0.1) is 10.2 Å². The molecular formula is C22H29N5O. The molecule has 1 aliphatic carbocycles. The quantitative estimate of drug-likeness (QED) is 0.819. The first-order chi connectivity index (χ1) is 13.7. The number of fused-ring (bicyclic) bond motifs is 1. The van der Waals surface area contributed by atoms with Crippen LogP contribution in [0.5, 0.6) is 0 Å². The van der Waals surface area contributed by atoms with E-state index in [1.807, 2.05) is 17.3 Å². The number of carbonyl (C=O) groups excluding carboxylic acids is 1. The van der Waals surface area contributed by atoms with E-state index in [0.29, 0.717) is 12.0 Å². The Morgan fingerprint density at radius 1 is 1.14 bits per heavy atom. The number of para-hydroxylation sites is 1. The predicted octanol–water partition coefficient (Wildman–Crippen LogP) is 3.16. The lowest BCUT2D eigenvalue weighted by atomic mass is 9.95. The number of hydrogen-bond donors (Lipinski definition) is 0. The second kappa shape index (κ2) is 7.32. The molecule has 28 heavy (non-hydrogen) atoms. The minimum Gasteiger partial charge on any atom is -0.314 e. The second-order valence-corrected chi connectivity index (χ2v) is 8.56. The third kappa shape index (κ3) is 3.24. The molecule has 2 fully saturated rings. The molecule has 3 aliphatic rings. The van der Waals surface area contributed by atoms with Crippen molar-refractivity contribution in [2.24, 2.45) is 0 Å². The molecule has 2 aromatic rings. The Morgan fingerprint density at radius 3 is 2.86 bits per heavy atom. The average molecular weight is 380 g/mol. The van der Waals surface area contributed by atoms with Crippen molar-refractivity contribution in [3.63, 3.8) is 0 Å². The van der Waals surface area contributed by atoms with Gasteiger partial charge in [-0.1, -0.05) is 18.2 Å². The van der Waals surface area contributed by atoms with Crippen LogP contribution < -0.4 is 4.90 Å². The van der Waals surface area contributed by atoms with Crippen LogP contribution in [0.15, 0.2) is 30.6 Å². The van der Waals surface area contributed by atoms with Gasteiger partial charge in [-0.3, -0.25) is 9.69 Å². The first kappa shape index (κ1) is 17.9. The third-order valence-corrected chi connectivity index (χ3v) is 6.64. The number of aromatic nitrogens is 3. The lowest BCUT2D eigenvalue weighted by Crippen LogP contribution is -2.51. The summed E-state index contributed by atoms with van der Waals surface area (Å²) in [6.45, 7) is 4.78. The zero-order valence-electron chi connectivity index (χ0n) is 16.6. The molecule has 1 saturated heterocycles. The number of aryl methyl sites for hydroxylation is 1. The topological polar surface area (TPSA) is 54.3 Å². The van der Waals surface area contributed by atoms with Crippen LogP contribution in [0.1, 0.15) is 62.4 Å². The molecule has 0 radical (unpaired) electrons. The number of nitrogens with zero attached hydrogens (tertiary/aromatic N) is 5. The number of carbonyl (C=O) groups is 1. The predicted molar refractivity (Wildman–Crippen MR) is 108 cm³/mol. The van der Waals surface area contributed by atoms with Crippen LogP contribution in [0.3, 0.4) is 0 Å². The fourth-order valence-corrected chi connectivity index (χ4v) is 4.89. The smallest absolute Gasteiger partial charge is 0.244 e. The summed E-state index contributed by atoms with van der Waals surface area (Å²) in [6, 6.07) is 8.85. The monoisotopic (exact) mass is 379 g/mol. The van der Waals surface area contributed by atoms with E-state index in [-0.39, 0.29) is 11.9 Å². The van der Waals surface area contributed by atoms with Crippen LogP contribution in [-0.4, -0.2) is 51.2 Å². The fourth-order valence-electron chi connectivity index (χ4n) is 4.89. The largest absolute Gasteiger partial charge is 0.314 e. The van der Waals surface area contributed by atoms with Crippen molar-refractivity contribution in [2.75, 3.05) is 24.5 Å². The lowest BCUT2D eigenvalue weighted by Gasteiger charge is -2.39. The van der Waals surface area contributed by atoms with Crippen LogP contribution in [0, 0.1) is 0 Å². The highest BCUT2D eigenvalue weighted by molar-refractivity contribution is 5.98. The standard InChI is InChI=1S/C22H29N5O/c1-16(22(28)26-13-5-7-17-6-2-3-9-20(17)26)25-12-4-8-18(14-25)21-24-23-15-27(21)19-10-11-19/h2-3,6,9,15-16,18-19H,4-5,7-8,10-14H2,1H3/t16-,18-/m0/s1. The molecule has 0 unspecified atom stereocenters. The van der Waals surface area contributed by atoms with Crippen LogP contribution in [0.2, 0.25) is 0 Å². The maximum absolute atomic E-state index is 13.4. The van der Waals surface area contributed by atoms with Crippen LogP contribution >= 0.6 is 0 Å². The Bertz CT molecular complexity index is 858. The summed E-state index contributed by atoms with van der Waals surface area (Å²) in [4.78, 5) is 17.8. The number of amides is 1. The number of benzene rings is 1. The highest BCUT2D eigenvalue weighted by Crippen LogP contribution is 2.38. The van der Waals surface area contributed by atoms with Gasteiger partial charge in [-0.25, -0.2) is 0 Å². The summed E-state index contributed by atoms with van der Waals surface area (Å²) in [5.41, 5.74) is 2.40. The molecule has 0 bridgehead atoms. The molecule has 1 aromatic carbocycles. The van der Waals surface area contributed by atoms with Gasteiger partial charge in [-0.2, -0.15) is 0 Å². The minimum atomic E-state index is -0.105. The molecule has 0 spiro atoms. The van der Waals surface area contributed by atoms with E-state index >= 15 is 0 Å². The maximum atomic E-state index is 13.4. The summed E-state index contributed by atoms with van der Waals surface area (Å²) in [5, 5.41) is 8.63. The van der Waals surface area contributed by atoms with Crippen molar-refractivity contribution >= 4 is 11.6 Å². The van der Waals surface area contributed by atoms with Crippen LogP contribution in [0.25, 0.3) is 0 Å². The number of piperidine rings is 1. The highest BCUT2D eigenvalue weighted by atomic mass is 16.2. The maximum Gasteiger partial charge on any atom is 0.244 e. The van der Waals surface area contributed by atoms with E-state index in [1.165, 1.54) is 18.4 Å². The molecule has 1 amide bonds. The fraction of sp³-hybridized carbons (Fsp3) is 0.591. The zero-order valence-corrected chi connectivity index (χ0v) is 16.6. The van der Waals surface area contributed by atoms with Crippen molar-refractivity contribution in [3.05, 3.63) is 42.0 Å². The minimum absolute atomic E-state index is 0.105. The Labute approximate surface area is 166 Å². The van der Waals surface area contributed by atoms with Gasteiger partial charge in [0.2, 0.25) is 5.91 Å². The summed E-state index contributed by atoms with van der Waals surface area (Å²) < 4.78 is 2.28. The average Bonchev–Trinajstić information content (AvgIpc) is 3.48.